The Morgan fingerprint density at radius 1 is 1.00 bits per heavy atom. The van der Waals surface area contributed by atoms with Crippen LogP contribution in [0.3, 0.4) is 0 Å². The van der Waals surface area contributed by atoms with E-state index in [1.165, 1.54) is 5.56 Å². The molecule has 0 spiro atoms. The molecule has 5 nitrogen and oxygen atoms in total. The Hall–Kier alpha value is -1.89. The standard InChI is InChI=1S/C23H32N2O3S/c1-14-15(2)17(4)23(18(5)16(14)3)29(26,27)24-13-21(25(6)7)19-8-9-22-20(12-19)10-11-28-22/h8-9,12,21,24H,10-11,13H2,1-7H3. The molecule has 0 saturated heterocycles. The molecule has 3 rings (SSSR count). The lowest BCUT2D eigenvalue weighted by Crippen LogP contribution is -2.35. The number of nitrogens with one attached hydrogen (secondary N) is 1. The van der Waals surface area contributed by atoms with E-state index in [0.29, 0.717) is 18.0 Å². The molecule has 0 radical (unpaired) electrons. The van der Waals surface area contributed by atoms with E-state index >= 15 is 0 Å². The maximum atomic E-state index is 13.3. The van der Waals surface area contributed by atoms with Crippen molar-refractivity contribution in [3.8, 4) is 5.75 Å². The predicted octanol–water partition coefficient (Wildman–Crippen LogP) is 3.74. The van der Waals surface area contributed by atoms with Crippen LogP contribution in [0.5, 0.6) is 5.75 Å². The van der Waals surface area contributed by atoms with Gasteiger partial charge in [0.25, 0.3) is 0 Å². The maximum Gasteiger partial charge on any atom is 0.241 e. The highest BCUT2D eigenvalue weighted by Gasteiger charge is 2.26. The first-order valence-electron chi connectivity index (χ1n) is 10.0. The van der Waals surface area contributed by atoms with Gasteiger partial charge in [-0.3, -0.25) is 0 Å². The second-order valence-corrected chi connectivity index (χ2v) is 9.95. The molecule has 1 atom stereocenters. The van der Waals surface area contributed by atoms with Crippen molar-refractivity contribution in [1.29, 1.82) is 0 Å². The third-order valence-corrected chi connectivity index (χ3v) is 8.08. The van der Waals surface area contributed by atoms with Crippen LogP contribution in [0, 0.1) is 34.6 Å². The van der Waals surface area contributed by atoms with Gasteiger partial charge < -0.3 is 9.64 Å². The van der Waals surface area contributed by atoms with Gasteiger partial charge in [-0.25, -0.2) is 13.1 Å². The topological polar surface area (TPSA) is 58.6 Å². The summed E-state index contributed by atoms with van der Waals surface area (Å²) in [6.45, 7) is 10.8. The largest absolute Gasteiger partial charge is 0.493 e. The Balaban J connectivity index is 1.91. The van der Waals surface area contributed by atoms with Gasteiger partial charge in [0.1, 0.15) is 5.75 Å². The van der Waals surface area contributed by atoms with Crippen LogP contribution in [0.25, 0.3) is 0 Å². The van der Waals surface area contributed by atoms with Crippen molar-refractivity contribution in [2.45, 2.75) is 52.0 Å². The van der Waals surface area contributed by atoms with Crippen LogP contribution in [0.15, 0.2) is 23.1 Å². The smallest absolute Gasteiger partial charge is 0.241 e. The quantitative estimate of drug-likeness (QED) is 0.779. The third kappa shape index (κ3) is 4.06. The molecule has 6 heteroatoms. The second kappa shape index (κ2) is 8.09. The van der Waals surface area contributed by atoms with Gasteiger partial charge >= 0.3 is 0 Å². The van der Waals surface area contributed by atoms with Gasteiger partial charge in [0.05, 0.1) is 11.5 Å². The zero-order valence-corrected chi connectivity index (χ0v) is 19.3. The lowest BCUT2D eigenvalue weighted by Gasteiger charge is -2.26. The lowest BCUT2D eigenvalue weighted by molar-refractivity contribution is 0.299. The van der Waals surface area contributed by atoms with Gasteiger partial charge in [-0.2, -0.15) is 0 Å². The first-order chi connectivity index (χ1) is 13.5. The molecule has 1 aliphatic heterocycles. The van der Waals surface area contributed by atoms with Crippen molar-refractivity contribution >= 4 is 10.0 Å². The summed E-state index contributed by atoms with van der Waals surface area (Å²) < 4.78 is 35.0. The van der Waals surface area contributed by atoms with Crippen molar-refractivity contribution in [1.82, 2.24) is 9.62 Å². The Labute approximate surface area is 175 Å². The van der Waals surface area contributed by atoms with Crippen molar-refractivity contribution in [3.05, 3.63) is 57.1 Å². The van der Waals surface area contributed by atoms with E-state index in [9.17, 15) is 8.42 Å². The van der Waals surface area contributed by atoms with E-state index in [4.69, 9.17) is 4.74 Å². The fourth-order valence-corrected chi connectivity index (χ4v) is 5.78. The number of ether oxygens (including phenoxy) is 1. The van der Waals surface area contributed by atoms with Gasteiger partial charge in [-0.05, 0) is 93.7 Å². The number of nitrogens with zero attached hydrogens (tertiary/aromatic N) is 1. The summed E-state index contributed by atoms with van der Waals surface area (Å²) in [4.78, 5) is 2.46. The van der Waals surface area contributed by atoms with Crippen LogP contribution < -0.4 is 9.46 Å². The second-order valence-electron chi connectivity index (χ2n) is 8.25. The number of sulfonamides is 1. The summed E-state index contributed by atoms with van der Waals surface area (Å²) in [6.07, 6.45) is 0.898. The molecule has 0 aromatic heterocycles. The summed E-state index contributed by atoms with van der Waals surface area (Å²) in [6, 6.07) is 6.09. The molecule has 2 aromatic rings. The molecule has 0 bridgehead atoms. The lowest BCUT2D eigenvalue weighted by atomic mass is 9.95. The highest BCUT2D eigenvalue weighted by molar-refractivity contribution is 7.89. The molecule has 0 fully saturated rings. The van der Waals surface area contributed by atoms with Crippen LogP contribution in [-0.4, -0.2) is 40.6 Å². The monoisotopic (exact) mass is 416 g/mol. The SMILES string of the molecule is Cc1c(C)c(C)c(S(=O)(=O)NCC(c2ccc3c(c2)CCO3)N(C)C)c(C)c1C. The van der Waals surface area contributed by atoms with Crippen LogP contribution in [-0.2, 0) is 16.4 Å². The maximum absolute atomic E-state index is 13.3. The number of hydrogen-bond donors (Lipinski definition) is 1. The summed E-state index contributed by atoms with van der Waals surface area (Å²) in [7, 11) is 0.310. The summed E-state index contributed by atoms with van der Waals surface area (Å²) >= 11 is 0. The molecule has 1 aliphatic rings. The van der Waals surface area contributed by atoms with E-state index in [0.717, 1.165) is 45.6 Å². The molecule has 0 saturated carbocycles. The van der Waals surface area contributed by atoms with Gasteiger partial charge in [0.15, 0.2) is 0 Å². The van der Waals surface area contributed by atoms with E-state index in [1.54, 1.807) is 0 Å². The first-order valence-corrected chi connectivity index (χ1v) is 11.5. The van der Waals surface area contributed by atoms with Crippen LogP contribution in [0.4, 0.5) is 0 Å². The molecule has 29 heavy (non-hydrogen) atoms. The minimum absolute atomic E-state index is 0.0658. The summed E-state index contributed by atoms with van der Waals surface area (Å²) in [5, 5.41) is 0. The van der Waals surface area contributed by atoms with Gasteiger partial charge in [-0.1, -0.05) is 12.1 Å². The highest BCUT2D eigenvalue weighted by Crippen LogP contribution is 2.31. The van der Waals surface area contributed by atoms with E-state index in [2.05, 4.69) is 10.8 Å². The van der Waals surface area contributed by atoms with Crippen LogP contribution >= 0.6 is 0 Å². The third-order valence-electron chi connectivity index (χ3n) is 6.39. The van der Waals surface area contributed by atoms with Gasteiger partial charge in [-0.15, -0.1) is 0 Å². The first kappa shape index (κ1) is 21.8. The Kier molecular flexibility index (Phi) is 6.08. The average Bonchev–Trinajstić information content (AvgIpc) is 3.12. The van der Waals surface area contributed by atoms with E-state index < -0.39 is 10.0 Å². The molecular formula is C23H32N2O3S. The Morgan fingerprint density at radius 2 is 1.59 bits per heavy atom. The zero-order chi connectivity index (χ0) is 21.5. The normalized spacial score (nSPS) is 14.8. The molecular weight excluding hydrogens is 384 g/mol. The number of rotatable bonds is 6. The fraction of sp³-hybridized carbons (Fsp3) is 0.478. The minimum atomic E-state index is -3.63. The average molecular weight is 417 g/mol. The Morgan fingerprint density at radius 3 is 2.17 bits per heavy atom. The molecule has 0 amide bonds. The van der Waals surface area contributed by atoms with Crippen molar-refractivity contribution < 1.29 is 13.2 Å². The fourth-order valence-electron chi connectivity index (χ4n) is 4.14. The zero-order valence-electron chi connectivity index (χ0n) is 18.5. The molecule has 158 valence electrons. The predicted molar refractivity (Wildman–Crippen MR) is 117 cm³/mol. The molecule has 0 aliphatic carbocycles. The van der Waals surface area contributed by atoms with Crippen molar-refractivity contribution in [2.75, 3.05) is 27.2 Å². The van der Waals surface area contributed by atoms with Gasteiger partial charge in [0.2, 0.25) is 10.0 Å². The molecule has 1 N–H and O–H groups in total. The van der Waals surface area contributed by atoms with Crippen LogP contribution in [0.2, 0.25) is 0 Å². The van der Waals surface area contributed by atoms with Crippen molar-refractivity contribution in [2.24, 2.45) is 0 Å². The summed E-state index contributed by atoms with van der Waals surface area (Å²) in [5.74, 6) is 0.934. The van der Waals surface area contributed by atoms with Crippen molar-refractivity contribution in [3.63, 3.8) is 0 Å². The molecule has 2 aromatic carbocycles. The molecule has 1 unspecified atom stereocenters. The number of fused-ring (bicyclic) bond motifs is 1. The highest BCUT2D eigenvalue weighted by atomic mass is 32.2. The number of benzene rings is 2. The molecule has 1 heterocycles. The number of likely N-dealkylation sites (N-methyl/N-ethyl adjacent to an activating group) is 1. The Bertz CT molecular complexity index is 1010. The van der Waals surface area contributed by atoms with E-state index in [1.807, 2.05) is 65.7 Å². The minimum Gasteiger partial charge on any atom is -0.493 e. The van der Waals surface area contributed by atoms with Crippen LogP contribution in [0.1, 0.15) is 45.0 Å². The van der Waals surface area contributed by atoms with Gasteiger partial charge in [0, 0.05) is 19.0 Å². The number of hydrogen-bond acceptors (Lipinski definition) is 4. The summed E-state index contributed by atoms with van der Waals surface area (Å²) in [5.41, 5.74) is 7.17. The van der Waals surface area contributed by atoms with E-state index in [-0.39, 0.29) is 6.04 Å².